The average molecular weight is 422 g/mol. The molecule has 0 fully saturated rings. The third kappa shape index (κ3) is 4.01. The lowest BCUT2D eigenvalue weighted by Crippen LogP contribution is -2.40. The molecule has 3 aromatic rings. The summed E-state index contributed by atoms with van der Waals surface area (Å²) in [5.41, 5.74) is 4.44. The summed E-state index contributed by atoms with van der Waals surface area (Å²) in [5, 5.41) is 8.41. The number of hydrogen-bond acceptors (Lipinski definition) is 5. The molecule has 1 amide bonds. The maximum atomic E-state index is 13.1. The van der Waals surface area contributed by atoms with Crippen molar-refractivity contribution in [2.75, 3.05) is 4.90 Å². The van der Waals surface area contributed by atoms with Crippen LogP contribution in [0.5, 0.6) is 0 Å². The molecule has 0 aliphatic carbocycles. The largest absolute Gasteiger partial charge is 0.411 e. The van der Waals surface area contributed by atoms with E-state index in [0.29, 0.717) is 11.1 Å². The minimum Gasteiger partial charge on any atom is -0.411 e. The number of fused-ring (bicyclic) bond motifs is 1. The molecular formula is C24H27N3O2S. The number of hydrogen-bond donors (Lipinski definition) is 0. The number of amides is 1. The molecule has 4 rings (SSSR count). The third-order valence-electron chi connectivity index (χ3n) is 5.47. The molecule has 0 N–H and O–H groups in total. The lowest BCUT2D eigenvalue weighted by atomic mass is 9.87. The van der Waals surface area contributed by atoms with E-state index in [1.54, 1.807) is 0 Å². The van der Waals surface area contributed by atoms with Crippen LogP contribution in [0.25, 0.3) is 11.5 Å². The number of para-hydroxylation sites is 1. The first-order chi connectivity index (χ1) is 14.2. The van der Waals surface area contributed by atoms with Gasteiger partial charge in [-0.2, -0.15) is 0 Å². The standard InChI is InChI=1S/C24H27N3O2S/c1-15-14-18-8-6-7-9-20(18)27(15)22(28)16(2)30-23-26-25-21(29-23)17-10-12-19(13-11-17)24(3,4)5/h6-13,15-16H,14H2,1-5H3/t15-,16-/m0/s1. The number of benzene rings is 2. The predicted molar refractivity (Wildman–Crippen MR) is 121 cm³/mol. The van der Waals surface area contributed by atoms with Crippen LogP contribution in [0.3, 0.4) is 0 Å². The first kappa shape index (κ1) is 20.7. The van der Waals surface area contributed by atoms with Crippen LogP contribution in [-0.2, 0) is 16.6 Å². The van der Waals surface area contributed by atoms with Crippen molar-refractivity contribution < 1.29 is 9.21 Å². The number of carbonyl (C=O) groups is 1. The van der Waals surface area contributed by atoms with Gasteiger partial charge in [-0.05, 0) is 55.0 Å². The van der Waals surface area contributed by atoms with Gasteiger partial charge in [0.05, 0.1) is 5.25 Å². The Morgan fingerprint density at radius 1 is 1.13 bits per heavy atom. The summed E-state index contributed by atoms with van der Waals surface area (Å²) in [4.78, 5) is 15.0. The highest BCUT2D eigenvalue weighted by Crippen LogP contribution is 2.35. The Morgan fingerprint density at radius 3 is 2.53 bits per heavy atom. The Balaban J connectivity index is 1.47. The van der Waals surface area contributed by atoms with Crippen LogP contribution >= 0.6 is 11.8 Å². The third-order valence-corrected chi connectivity index (χ3v) is 6.40. The molecule has 2 aromatic carbocycles. The van der Waals surface area contributed by atoms with Crippen LogP contribution in [0.1, 0.15) is 45.7 Å². The summed E-state index contributed by atoms with van der Waals surface area (Å²) in [6.45, 7) is 10.5. The van der Waals surface area contributed by atoms with Crippen molar-refractivity contribution >= 4 is 23.4 Å². The van der Waals surface area contributed by atoms with Crippen molar-refractivity contribution in [3.05, 3.63) is 59.7 Å². The fraction of sp³-hybridized carbons (Fsp3) is 0.375. The number of nitrogens with zero attached hydrogens (tertiary/aromatic N) is 3. The Bertz CT molecular complexity index is 1050. The summed E-state index contributed by atoms with van der Waals surface area (Å²) >= 11 is 1.31. The van der Waals surface area contributed by atoms with E-state index >= 15 is 0 Å². The van der Waals surface area contributed by atoms with Crippen LogP contribution in [0.2, 0.25) is 0 Å². The smallest absolute Gasteiger partial charge is 0.277 e. The highest BCUT2D eigenvalue weighted by Gasteiger charge is 2.34. The van der Waals surface area contributed by atoms with Gasteiger partial charge in [0.2, 0.25) is 11.8 Å². The molecule has 0 radical (unpaired) electrons. The van der Waals surface area contributed by atoms with Crippen LogP contribution in [0.4, 0.5) is 5.69 Å². The number of carbonyl (C=O) groups excluding carboxylic acids is 1. The number of rotatable bonds is 4. The van der Waals surface area contributed by atoms with Crippen LogP contribution in [0.15, 0.2) is 58.2 Å². The van der Waals surface area contributed by atoms with Gasteiger partial charge in [0.1, 0.15) is 0 Å². The van der Waals surface area contributed by atoms with Crippen molar-refractivity contribution in [2.45, 2.75) is 63.0 Å². The Morgan fingerprint density at radius 2 is 1.83 bits per heavy atom. The van der Waals surface area contributed by atoms with E-state index in [1.807, 2.05) is 42.2 Å². The molecule has 1 aliphatic heterocycles. The van der Waals surface area contributed by atoms with Gasteiger partial charge in [-0.15, -0.1) is 10.2 Å². The van der Waals surface area contributed by atoms with Gasteiger partial charge in [-0.25, -0.2) is 0 Å². The highest BCUT2D eigenvalue weighted by atomic mass is 32.2. The maximum absolute atomic E-state index is 13.1. The summed E-state index contributed by atoms with van der Waals surface area (Å²) in [7, 11) is 0. The van der Waals surface area contributed by atoms with E-state index in [-0.39, 0.29) is 22.6 Å². The first-order valence-electron chi connectivity index (χ1n) is 10.3. The summed E-state index contributed by atoms with van der Waals surface area (Å²) in [5.74, 6) is 0.532. The highest BCUT2D eigenvalue weighted by molar-refractivity contribution is 8.00. The fourth-order valence-electron chi connectivity index (χ4n) is 3.79. The van der Waals surface area contributed by atoms with Gasteiger partial charge in [0.15, 0.2) is 0 Å². The number of aromatic nitrogens is 2. The second-order valence-corrected chi connectivity index (χ2v) is 10.1. The Kier molecular flexibility index (Phi) is 5.45. The summed E-state index contributed by atoms with van der Waals surface area (Å²) in [6.07, 6.45) is 0.883. The van der Waals surface area contributed by atoms with Crippen molar-refractivity contribution in [1.29, 1.82) is 0 Å². The molecule has 2 heterocycles. The van der Waals surface area contributed by atoms with E-state index in [0.717, 1.165) is 17.7 Å². The molecule has 2 atom stereocenters. The zero-order valence-electron chi connectivity index (χ0n) is 18.0. The van der Waals surface area contributed by atoms with Crippen molar-refractivity contribution in [3.8, 4) is 11.5 Å². The van der Waals surface area contributed by atoms with E-state index in [4.69, 9.17) is 4.42 Å². The van der Waals surface area contributed by atoms with Gasteiger partial charge < -0.3 is 9.32 Å². The molecule has 1 aliphatic rings. The van der Waals surface area contributed by atoms with E-state index in [9.17, 15) is 4.79 Å². The fourth-order valence-corrected chi connectivity index (χ4v) is 4.52. The molecule has 0 unspecified atom stereocenters. The van der Waals surface area contributed by atoms with Crippen LogP contribution < -0.4 is 4.90 Å². The van der Waals surface area contributed by atoms with Gasteiger partial charge in [-0.3, -0.25) is 4.79 Å². The molecule has 6 heteroatoms. The monoisotopic (exact) mass is 421 g/mol. The van der Waals surface area contributed by atoms with Gasteiger partial charge in [-0.1, -0.05) is 62.9 Å². The molecule has 5 nitrogen and oxygen atoms in total. The summed E-state index contributed by atoms with van der Waals surface area (Å²) < 4.78 is 5.84. The van der Waals surface area contributed by atoms with Crippen molar-refractivity contribution in [3.63, 3.8) is 0 Å². The van der Waals surface area contributed by atoms with Gasteiger partial charge in [0.25, 0.3) is 5.22 Å². The minimum absolute atomic E-state index is 0.0618. The van der Waals surface area contributed by atoms with Crippen LogP contribution in [0, 0.1) is 0 Å². The topological polar surface area (TPSA) is 59.2 Å². The van der Waals surface area contributed by atoms with Gasteiger partial charge in [0, 0.05) is 17.3 Å². The van der Waals surface area contributed by atoms with E-state index in [1.165, 1.54) is 22.9 Å². The average Bonchev–Trinajstić information content (AvgIpc) is 3.30. The maximum Gasteiger partial charge on any atom is 0.277 e. The molecule has 0 saturated carbocycles. The van der Waals surface area contributed by atoms with Crippen molar-refractivity contribution in [1.82, 2.24) is 10.2 Å². The molecule has 30 heavy (non-hydrogen) atoms. The Hall–Kier alpha value is -2.60. The Labute approximate surface area is 181 Å². The normalized spacial score (nSPS) is 17.1. The quantitative estimate of drug-likeness (QED) is 0.521. The number of thioether (sulfide) groups is 1. The second kappa shape index (κ2) is 7.91. The van der Waals surface area contributed by atoms with E-state index in [2.05, 4.69) is 56.1 Å². The number of anilines is 1. The first-order valence-corrected chi connectivity index (χ1v) is 11.1. The SMILES string of the molecule is C[C@H](Sc1nnc(-c2ccc(C(C)(C)C)cc2)o1)C(=O)N1c2ccccc2C[C@@H]1C. The molecule has 1 aromatic heterocycles. The molecule has 0 bridgehead atoms. The molecule has 156 valence electrons. The zero-order valence-corrected chi connectivity index (χ0v) is 18.9. The minimum atomic E-state index is -0.324. The van der Waals surface area contributed by atoms with Gasteiger partial charge >= 0.3 is 0 Å². The predicted octanol–water partition coefficient (Wildman–Crippen LogP) is 5.49. The molecule has 0 saturated heterocycles. The zero-order chi connectivity index (χ0) is 21.5. The van der Waals surface area contributed by atoms with Crippen molar-refractivity contribution in [2.24, 2.45) is 0 Å². The van der Waals surface area contributed by atoms with Crippen LogP contribution in [-0.4, -0.2) is 27.4 Å². The lowest BCUT2D eigenvalue weighted by molar-refractivity contribution is -0.118. The molecule has 0 spiro atoms. The molecular weight excluding hydrogens is 394 g/mol. The second-order valence-electron chi connectivity index (χ2n) is 8.85. The summed E-state index contributed by atoms with van der Waals surface area (Å²) in [6, 6.07) is 16.4. The lowest BCUT2D eigenvalue weighted by Gasteiger charge is -2.25. The van der Waals surface area contributed by atoms with E-state index < -0.39 is 0 Å².